The van der Waals surface area contributed by atoms with E-state index in [2.05, 4.69) is 54.5 Å². The number of carbonyl (C=O) groups excluding carboxylic acids is 1. The van der Waals surface area contributed by atoms with Crippen molar-refractivity contribution in [2.75, 3.05) is 13.2 Å². The van der Waals surface area contributed by atoms with Gasteiger partial charge in [0.05, 0.1) is 24.7 Å². The van der Waals surface area contributed by atoms with E-state index in [0.717, 1.165) is 44.9 Å². The molecule has 3 aliphatic heterocycles. The van der Waals surface area contributed by atoms with Crippen molar-refractivity contribution in [3.63, 3.8) is 0 Å². The van der Waals surface area contributed by atoms with Crippen LogP contribution in [0.5, 0.6) is 0 Å². The minimum absolute atomic E-state index is 0.0677. The number of rotatable bonds is 8. The smallest absolute Gasteiger partial charge is 0.335 e. The highest BCUT2D eigenvalue weighted by molar-refractivity contribution is 5.79. The number of esters is 1. The zero-order valence-electron chi connectivity index (χ0n) is 38.7. The maximum Gasteiger partial charge on any atom is 0.335 e. The molecule has 0 bridgehead atoms. The molecule has 0 radical (unpaired) electrons. The van der Waals surface area contributed by atoms with Crippen LogP contribution in [0.2, 0.25) is 0 Å². The molecule has 0 unspecified atom stereocenters. The van der Waals surface area contributed by atoms with Crippen molar-refractivity contribution in [1.29, 1.82) is 0 Å². The standard InChI is InChI=1S/C47H74O18/c1-42(2)14-16-47(41(59)65-39-32(54)30(52)29(51)24(19-48)61-39)17-15-45(6)21(22(47)18-42)8-9-26-44(5)12-11-27(43(3,4)25(44)10-13-46(26,45)7)62-40-34(56)35(33(55)36(64-40)37(57)58)63-38-31(53)28(50)23(49)20-60-38/h8,22-36,38-40,48-56H,9-20H2,1-7H3,(H,57,58)/t22-,23+,24-,25-,26+,27-,28-,29+,30-,31+,32+,33-,34+,35-,36-,38-,39-,40+,44-,45+,46+,47-/m0/s1. The van der Waals surface area contributed by atoms with Crippen LogP contribution in [0.25, 0.3) is 0 Å². The first kappa shape index (κ1) is 49.5. The molecule has 5 aliphatic carbocycles. The fraction of sp³-hybridized carbons (Fsp3) is 0.915. The van der Waals surface area contributed by atoms with Gasteiger partial charge in [-0.05, 0) is 109 Å². The van der Waals surface area contributed by atoms with Crippen molar-refractivity contribution in [3.8, 4) is 0 Å². The summed E-state index contributed by atoms with van der Waals surface area (Å²) in [6.07, 6.45) is -13.7. The number of aliphatic carboxylic acids is 1. The summed E-state index contributed by atoms with van der Waals surface area (Å²) in [5, 5.41) is 105. The van der Waals surface area contributed by atoms with Crippen molar-refractivity contribution in [1.82, 2.24) is 0 Å². The van der Waals surface area contributed by atoms with Gasteiger partial charge >= 0.3 is 11.9 Å². The number of ether oxygens (including phenoxy) is 6. The number of carbonyl (C=O) groups is 2. The molecule has 8 aliphatic rings. The normalized spacial score (nSPS) is 52.7. The quantitative estimate of drug-likeness (QED) is 0.0918. The molecule has 0 aromatic carbocycles. The van der Waals surface area contributed by atoms with Crippen LogP contribution in [0.4, 0.5) is 0 Å². The van der Waals surface area contributed by atoms with Gasteiger partial charge < -0.3 is 79.5 Å². The van der Waals surface area contributed by atoms with Gasteiger partial charge in [0.1, 0.15) is 61.0 Å². The summed E-state index contributed by atoms with van der Waals surface area (Å²) in [7, 11) is 0. The van der Waals surface area contributed by atoms with Gasteiger partial charge in [0.2, 0.25) is 6.29 Å². The highest BCUT2D eigenvalue weighted by atomic mass is 16.7. The zero-order valence-corrected chi connectivity index (χ0v) is 38.7. The van der Waals surface area contributed by atoms with E-state index in [-0.39, 0.29) is 39.4 Å². The Morgan fingerprint density at radius 2 is 1.38 bits per heavy atom. The van der Waals surface area contributed by atoms with Gasteiger partial charge in [-0.3, -0.25) is 4.79 Å². The topological polar surface area (TPSA) is 292 Å². The minimum Gasteiger partial charge on any atom is -0.479 e. The third kappa shape index (κ3) is 7.76. The Hall–Kier alpha value is -1.88. The van der Waals surface area contributed by atoms with Gasteiger partial charge in [0, 0.05) is 0 Å². The van der Waals surface area contributed by atoms with Gasteiger partial charge in [-0.1, -0.05) is 60.1 Å². The van der Waals surface area contributed by atoms with Gasteiger partial charge in [0.25, 0.3) is 0 Å². The molecule has 0 amide bonds. The monoisotopic (exact) mass is 926 g/mol. The molecular weight excluding hydrogens is 852 g/mol. The first-order valence-electron chi connectivity index (χ1n) is 23.7. The Bertz CT molecular complexity index is 1820. The zero-order chi connectivity index (χ0) is 47.6. The number of allylic oxidation sites excluding steroid dienone is 2. The molecule has 0 spiro atoms. The molecule has 8 rings (SSSR count). The lowest BCUT2D eigenvalue weighted by molar-refractivity contribution is -0.357. The number of aliphatic hydroxyl groups is 9. The third-order valence-electron chi connectivity index (χ3n) is 18.9. The molecule has 18 heteroatoms. The summed E-state index contributed by atoms with van der Waals surface area (Å²) < 4.78 is 35.1. The number of fused-ring (bicyclic) bond motifs is 7. The van der Waals surface area contributed by atoms with E-state index in [1.54, 1.807) is 0 Å². The van der Waals surface area contributed by atoms with Gasteiger partial charge in [-0.2, -0.15) is 0 Å². The van der Waals surface area contributed by atoms with Crippen LogP contribution < -0.4 is 0 Å². The SMILES string of the molecule is CC1(C)CC[C@]2(C(=O)O[C@@H]3O[C@@H](CO)[C@@H](O)[C@H](O)[C@H]3O)CC[C@]3(C)C(=CC[C@@H]4[C@@]5(C)CC[C@H](O[C@@H]6O[C@H](C(=O)O)[C@@H](O)[C@H](O[C@@H]7OC[C@@H](O)[C@H](O)[C@H]7O)[C@H]6O)C(C)(C)[C@@H]5CC[C@]43C)[C@@H]2C1. The first-order valence-corrected chi connectivity index (χ1v) is 23.7. The molecule has 7 fully saturated rings. The van der Waals surface area contributed by atoms with Gasteiger partial charge in [0.15, 0.2) is 18.7 Å². The van der Waals surface area contributed by atoms with E-state index in [9.17, 15) is 60.7 Å². The summed E-state index contributed by atoms with van der Waals surface area (Å²) in [4.78, 5) is 27.0. The molecule has 18 nitrogen and oxygen atoms in total. The largest absolute Gasteiger partial charge is 0.479 e. The third-order valence-corrected chi connectivity index (χ3v) is 18.9. The molecule has 65 heavy (non-hydrogen) atoms. The van der Waals surface area contributed by atoms with Crippen LogP contribution in [0, 0.1) is 50.2 Å². The number of hydrogen-bond donors (Lipinski definition) is 10. The summed E-state index contributed by atoms with van der Waals surface area (Å²) in [5.41, 5.74) is -0.846. The number of aliphatic hydroxyl groups excluding tert-OH is 9. The summed E-state index contributed by atoms with van der Waals surface area (Å²) in [6.45, 7) is 14.9. The van der Waals surface area contributed by atoms with Crippen LogP contribution in [0.15, 0.2) is 11.6 Å². The second kappa shape index (κ2) is 17.2. The fourth-order valence-electron chi connectivity index (χ4n) is 14.7. The summed E-state index contributed by atoms with van der Waals surface area (Å²) in [6, 6.07) is 0. The lowest BCUT2D eigenvalue weighted by Gasteiger charge is -2.71. The number of carboxylic acid groups (broad SMARTS) is 1. The fourth-order valence-corrected chi connectivity index (χ4v) is 14.7. The highest BCUT2D eigenvalue weighted by Gasteiger charge is 2.70. The molecule has 4 saturated carbocycles. The maximum absolute atomic E-state index is 14.7. The molecule has 3 heterocycles. The maximum atomic E-state index is 14.7. The van der Waals surface area contributed by atoms with Crippen LogP contribution in [-0.2, 0) is 38.0 Å². The lowest BCUT2D eigenvalue weighted by Crippen LogP contribution is -2.67. The predicted octanol–water partition coefficient (Wildman–Crippen LogP) is 0.872. The summed E-state index contributed by atoms with van der Waals surface area (Å²) >= 11 is 0. The van der Waals surface area contributed by atoms with Crippen molar-refractivity contribution >= 4 is 11.9 Å². The molecule has 3 saturated heterocycles. The van der Waals surface area contributed by atoms with Crippen LogP contribution in [0.3, 0.4) is 0 Å². The van der Waals surface area contributed by atoms with E-state index in [4.69, 9.17) is 28.4 Å². The lowest BCUT2D eigenvalue weighted by atomic mass is 9.33. The second-order valence-corrected chi connectivity index (χ2v) is 23.1. The van der Waals surface area contributed by atoms with Crippen LogP contribution in [-0.4, -0.2) is 168 Å². The van der Waals surface area contributed by atoms with Crippen LogP contribution >= 0.6 is 0 Å². The summed E-state index contributed by atoms with van der Waals surface area (Å²) in [5.74, 6) is -1.80. The molecule has 0 aromatic rings. The van der Waals surface area contributed by atoms with E-state index in [1.807, 2.05) is 0 Å². The Morgan fingerprint density at radius 1 is 0.708 bits per heavy atom. The van der Waals surface area contributed by atoms with Gasteiger partial charge in [-0.15, -0.1) is 0 Å². The van der Waals surface area contributed by atoms with E-state index in [1.165, 1.54) is 5.57 Å². The van der Waals surface area contributed by atoms with Crippen LogP contribution in [0.1, 0.15) is 113 Å². The second-order valence-electron chi connectivity index (χ2n) is 23.1. The molecule has 370 valence electrons. The van der Waals surface area contributed by atoms with E-state index < -0.39 is 128 Å². The Morgan fingerprint density at radius 3 is 2.06 bits per heavy atom. The predicted molar refractivity (Wildman–Crippen MR) is 225 cm³/mol. The minimum atomic E-state index is -1.90. The molecule has 10 N–H and O–H groups in total. The van der Waals surface area contributed by atoms with Crippen molar-refractivity contribution in [2.45, 2.75) is 205 Å². The average molecular weight is 927 g/mol. The first-order chi connectivity index (χ1) is 30.3. The number of hydrogen-bond acceptors (Lipinski definition) is 17. The Kier molecular flexibility index (Phi) is 13.1. The van der Waals surface area contributed by atoms with Gasteiger partial charge in [-0.25, -0.2) is 4.79 Å². The van der Waals surface area contributed by atoms with E-state index in [0.29, 0.717) is 19.3 Å². The highest BCUT2D eigenvalue weighted by Crippen LogP contribution is 2.76. The van der Waals surface area contributed by atoms with Crippen molar-refractivity contribution in [3.05, 3.63) is 11.6 Å². The molecule has 0 aromatic heterocycles. The Balaban J connectivity index is 1.03. The van der Waals surface area contributed by atoms with Crippen molar-refractivity contribution < 1.29 is 89.1 Å². The molecule has 22 atom stereocenters. The molecular formula is C47H74O18. The Labute approximate surface area is 380 Å². The van der Waals surface area contributed by atoms with Crippen molar-refractivity contribution in [2.24, 2.45) is 50.2 Å². The average Bonchev–Trinajstić information content (AvgIpc) is 3.24. The number of carboxylic acids is 1. The van der Waals surface area contributed by atoms with E-state index >= 15 is 0 Å².